The second-order valence-electron chi connectivity index (χ2n) is 5.99. The van der Waals surface area contributed by atoms with E-state index in [-0.39, 0.29) is 11.7 Å². The Labute approximate surface area is 171 Å². The molecule has 3 rings (SSSR count). The number of benzene rings is 2. The molecule has 0 aliphatic rings. The first-order valence-electron chi connectivity index (χ1n) is 8.94. The predicted octanol–water partition coefficient (Wildman–Crippen LogP) is 4.53. The minimum absolute atomic E-state index is 0.231. The van der Waals surface area contributed by atoms with Gasteiger partial charge in [0.15, 0.2) is 11.2 Å². The fourth-order valence-corrected chi connectivity index (χ4v) is 3.36. The van der Waals surface area contributed by atoms with Crippen molar-refractivity contribution in [3.8, 4) is 17.0 Å². The summed E-state index contributed by atoms with van der Waals surface area (Å²) in [5, 5.41) is 2.92. The molecule has 0 aliphatic carbocycles. The van der Waals surface area contributed by atoms with E-state index in [1.807, 2.05) is 30.3 Å². The highest BCUT2D eigenvalue weighted by molar-refractivity contribution is 7.18. The minimum Gasteiger partial charge on any atom is -0.481 e. The molecule has 6 nitrogen and oxygen atoms in total. The zero-order chi connectivity index (χ0) is 20.8. The normalized spacial score (nSPS) is 11.6. The van der Waals surface area contributed by atoms with Crippen molar-refractivity contribution in [2.75, 3.05) is 11.9 Å². The van der Waals surface area contributed by atoms with Crippen LogP contribution in [0.3, 0.4) is 0 Å². The quantitative estimate of drug-likeness (QED) is 0.575. The zero-order valence-electron chi connectivity index (χ0n) is 15.8. The highest BCUT2D eigenvalue weighted by atomic mass is 32.1. The molecule has 29 heavy (non-hydrogen) atoms. The molecule has 1 heterocycles. The van der Waals surface area contributed by atoms with Crippen LogP contribution in [0.4, 0.5) is 9.52 Å². The van der Waals surface area contributed by atoms with Crippen LogP contribution in [-0.4, -0.2) is 29.6 Å². The summed E-state index contributed by atoms with van der Waals surface area (Å²) >= 11 is 1.03. The Bertz CT molecular complexity index is 990. The topological polar surface area (TPSA) is 77.5 Å². The number of thiazole rings is 1. The summed E-state index contributed by atoms with van der Waals surface area (Å²) in [6.07, 6.45) is -0.851. The maximum Gasteiger partial charge on any atom is 0.350 e. The molecule has 1 atom stereocenters. The van der Waals surface area contributed by atoms with Crippen molar-refractivity contribution < 1.29 is 23.5 Å². The maximum atomic E-state index is 13.0. The number of carbonyl (C=O) groups is 2. The molecule has 3 aromatic rings. The fourth-order valence-electron chi connectivity index (χ4n) is 2.48. The first-order chi connectivity index (χ1) is 14.0. The van der Waals surface area contributed by atoms with Crippen LogP contribution < -0.4 is 10.1 Å². The number of hydrogen-bond acceptors (Lipinski definition) is 6. The summed E-state index contributed by atoms with van der Waals surface area (Å²) < 4.78 is 23.6. The van der Waals surface area contributed by atoms with E-state index in [2.05, 4.69) is 10.3 Å². The van der Waals surface area contributed by atoms with Gasteiger partial charge in [0.2, 0.25) is 0 Å². The van der Waals surface area contributed by atoms with E-state index in [9.17, 15) is 14.0 Å². The van der Waals surface area contributed by atoms with Crippen LogP contribution in [0.15, 0.2) is 54.6 Å². The van der Waals surface area contributed by atoms with Crippen molar-refractivity contribution in [2.45, 2.75) is 20.0 Å². The van der Waals surface area contributed by atoms with Gasteiger partial charge in [-0.25, -0.2) is 14.2 Å². The monoisotopic (exact) mass is 414 g/mol. The number of rotatable bonds is 7. The van der Waals surface area contributed by atoms with Crippen molar-refractivity contribution in [3.63, 3.8) is 0 Å². The van der Waals surface area contributed by atoms with Crippen molar-refractivity contribution in [3.05, 3.63) is 65.3 Å². The van der Waals surface area contributed by atoms with Crippen molar-refractivity contribution in [1.82, 2.24) is 4.98 Å². The summed E-state index contributed by atoms with van der Waals surface area (Å²) in [5.74, 6) is -0.972. The average molecular weight is 414 g/mol. The first kappa shape index (κ1) is 20.5. The van der Waals surface area contributed by atoms with E-state index >= 15 is 0 Å². The lowest BCUT2D eigenvalue weighted by atomic mass is 10.1. The molecule has 0 spiro atoms. The van der Waals surface area contributed by atoms with E-state index in [0.29, 0.717) is 16.3 Å². The highest BCUT2D eigenvalue weighted by Crippen LogP contribution is 2.32. The largest absolute Gasteiger partial charge is 0.481 e. The molecule has 2 aromatic carbocycles. The SMILES string of the molecule is CCOC(=O)c1sc(NC(=O)C(C)Oc2ccc(F)cc2)nc1-c1ccccc1. The van der Waals surface area contributed by atoms with Gasteiger partial charge in [0.25, 0.3) is 5.91 Å². The van der Waals surface area contributed by atoms with Crippen LogP contribution >= 0.6 is 11.3 Å². The lowest BCUT2D eigenvalue weighted by Gasteiger charge is -2.13. The molecule has 150 valence electrons. The van der Waals surface area contributed by atoms with Crippen molar-refractivity contribution in [2.24, 2.45) is 0 Å². The van der Waals surface area contributed by atoms with Crippen LogP contribution in [0.5, 0.6) is 5.75 Å². The fraction of sp³-hybridized carbons (Fsp3) is 0.190. The Morgan fingerprint density at radius 3 is 2.48 bits per heavy atom. The van der Waals surface area contributed by atoms with Gasteiger partial charge in [-0.3, -0.25) is 10.1 Å². The van der Waals surface area contributed by atoms with Crippen LogP contribution in [0.25, 0.3) is 11.3 Å². The number of esters is 1. The number of carbonyl (C=O) groups excluding carboxylic acids is 2. The van der Waals surface area contributed by atoms with Gasteiger partial charge in [-0.15, -0.1) is 0 Å². The van der Waals surface area contributed by atoms with Crippen LogP contribution in [0.1, 0.15) is 23.5 Å². The summed E-state index contributed by atoms with van der Waals surface area (Å²) in [7, 11) is 0. The smallest absolute Gasteiger partial charge is 0.350 e. The van der Waals surface area contributed by atoms with Crippen molar-refractivity contribution >= 4 is 28.3 Å². The van der Waals surface area contributed by atoms with Gasteiger partial charge in [0.05, 0.1) is 12.3 Å². The molecule has 8 heteroatoms. The lowest BCUT2D eigenvalue weighted by Crippen LogP contribution is -2.30. The van der Waals surface area contributed by atoms with Crippen LogP contribution in [-0.2, 0) is 9.53 Å². The molecular formula is C21H19FN2O4S. The second kappa shape index (κ2) is 9.29. The van der Waals surface area contributed by atoms with Gasteiger partial charge in [0, 0.05) is 5.56 Å². The molecule has 0 aliphatic heterocycles. The second-order valence-corrected chi connectivity index (χ2v) is 6.99. The van der Waals surface area contributed by atoms with Gasteiger partial charge in [-0.1, -0.05) is 41.7 Å². The summed E-state index contributed by atoms with van der Waals surface area (Å²) in [6, 6.07) is 14.5. The van der Waals surface area contributed by atoms with E-state index in [1.165, 1.54) is 24.3 Å². The minimum atomic E-state index is -0.851. The molecule has 1 amide bonds. The molecule has 1 unspecified atom stereocenters. The lowest BCUT2D eigenvalue weighted by molar-refractivity contribution is -0.122. The van der Waals surface area contributed by atoms with Crippen molar-refractivity contribution in [1.29, 1.82) is 0 Å². The number of nitrogens with zero attached hydrogens (tertiary/aromatic N) is 1. The zero-order valence-corrected chi connectivity index (χ0v) is 16.7. The molecular weight excluding hydrogens is 395 g/mol. The number of halogens is 1. The van der Waals surface area contributed by atoms with Gasteiger partial charge in [-0.2, -0.15) is 0 Å². The molecule has 0 saturated carbocycles. The van der Waals surface area contributed by atoms with Gasteiger partial charge in [-0.05, 0) is 38.1 Å². The van der Waals surface area contributed by atoms with E-state index in [4.69, 9.17) is 9.47 Å². The number of hydrogen-bond donors (Lipinski definition) is 1. The third-order valence-electron chi connectivity index (χ3n) is 3.86. The van der Waals surface area contributed by atoms with Crippen LogP contribution in [0, 0.1) is 5.82 Å². The molecule has 1 N–H and O–H groups in total. The van der Waals surface area contributed by atoms with E-state index < -0.39 is 23.8 Å². The highest BCUT2D eigenvalue weighted by Gasteiger charge is 2.23. The third kappa shape index (κ3) is 5.17. The number of aromatic nitrogens is 1. The summed E-state index contributed by atoms with van der Waals surface area (Å²) in [5.41, 5.74) is 1.18. The Morgan fingerprint density at radius 1 is 1.14 bits per heavy atom. The Kier molecular flexibility index (Phi) is 6.56. The number of nitrogens with one attached hydrogen (secondary N) is 1. The van der Waals surface area contributed by atoms with E-state index in [1.54, 1.807) is 13.8 Å². The standard InChI is InChI=1S/C21H19FN2O4S/c1-3-27-20(26)18-17(14-7-5-4-6-8-14)23-21(29-18)24-19(25)13(2)28-16-11-9-15(22)10-12-16/h4-13H,3H2,1-2H3,(H,23,24,25). The molecule has 0 bridgehead atoms. The number of ether oxygens (including phenoxy) is 2. The molecule has 0 fully saturated rings. The average Bonchev–Trinajstić information content (AvgIpc) is 3.14. The van der Waals surface area contributed by atoms with Crippen LogP contribution in [0.2, 0.25) is 0 Å². The van der Waals surface area contributed by atoms with Gasteiger partial charge < -0.3 is 9.47 Å². The summed E-state index contributed by atoms with van der Waals surface area (Å²) in [6.45, 7) is 3.52. The molecule has 0 saturated heterocycles. The molecule has 0 radical (unpaired) electrons. The molecule has 1 aromatic heterocycles. The predicted molar refractivity (Wildman–Crippen MR) is 109 cm³/mol. The Balaban J connectivity index is 1.78. The first-order valence-corrected chi connectivity index (χ1v) is 9.76. The van der Waals surface area contributed by atoms with Gasteiger partial charge >= 0.3 is 5.97 Å². The third-order valence-corrected chi connectivity index (χ3v) is 4.81. The Hall–Kier alpha value is -3.26. The summed E-state index contributed by atoms with van der Waals surface area (Å²) in [4.78, 5) is 29.5. The number of anilines is 1. The van der Waals surface area contributed by atoms with Gasteiger partial charge in [0.1, 0.15) is 16.4 Å². The number of amides is 1. The maximum absolute atomic E-state index is 13.0. The van der Waals surface area contributed by atoms with E-state index in [0.717, 1.165) is 16.9 Å². The Morgan fingerprint density at radius 2 is 1.83 bits per heavy atom.